The maximum absolute atomic E-state index is 12.6. The molecule has 7 heteroatoms. The van der Waals surface area contributed by atoms with Crippen molar-refractivity contribution in [1.82, 2.24) is 15.1 Å². The van der Waals surface area contributed by atoms with Gasteiger partial charge in [0.2, 0.25) is 0 Å². The molecule has 0 saturated heterocycles. The number of aryl methyl sites for hydroxylation is 1. The second kappa shape index (κ2) is 8.56. The van der Waals surface area contributed by atoms with E-state index in [0.29, 0.717) is 30.4 Å². The molecule has 0 atom stereocenters. The number of anilines is 2. The zero-order chi connectivity index (χ0) is 20.1. The zero-order valence-electron chi connectivity index (χ0n) is 16.3. The van der Waals surface area contributed by atoms with Gasteiger partial charge in [-0.1, -0.05) is 50.2 Å². The van der Waals surface area contributed by atoms with Gasteiger partial charge in [-0.3, -0.25) is 9.48 Å². The van der Waals surface area contributed by atoms with Crippen LogP contribution in [0.5, 0.6) is 0 Å². The molecule has 0 fully saturated rings. The average molecular weight is 379 g/mol. The second-order valence-corrected chi connectivity index (χ2v) is 6.96. The van der Waals surface area contributed by atoms with Crippen LogP contribution in [-0.4, -0.2) is 28.3 Å². The fourth-order valence-electron chi connectivity index (χ4n) is 2.83. The van der Waals surface area contributed by atoms with Crippen molar-refractivity contribution >= 4 is 34.1 Å². The summed E-state index contributed by atoms with van der Waals surface area (Å²) in [7, 11) is 0. The fourth-order valence-corrected chi connectivity index (χ4v) is 2.83. The first-order chi connectivity index (χ1) is 13.5. The van der Waals surface area contributed by atoms with Gasteiger partial charge in [0.1, 0.15) is 0 Å². The monoisotopic (exact) mass is 379 g/mol. The van der Waals surface area contributed by atoms with E-state index < -0.39 is 6.03 Å². The Morgan fingerprint density at radius 3 is 2.50 bits per heavy atom. The number of fused-ring (bicyclic) bond motifs is 1. The maximum atomic E-state index is 12.6. The van der Waals surface area contributed by atoms with Crippen molar-refractivity contribution in [2.75, 3.05) is 17.2 Å². The normalized spacial score (nSPS) is 10.9. The number of amides is 3. The van der Waals surface area contributed by atoms with E-state index in [1.54, 1.807) is 10.9 Å². The lowest BCUT2D eigenvalue weighted by Crippen LogP contribution is -2.29. The molecule has 1 heterocycles. The van der Waals surface area contributed by atoms with Gasteiger partial charge in [0.05, 0.1) is 11.4 Å². The highest BCUT2D eigenvalue weighted by molar-refractivity contribution is 6.08. The summed E-state index contributed by atoms with van der Waals surface area (Å²) in [6, 6.07) is 13.1. The third-order valence-electron chi connectivity index (χ3n) is 4.26. The molecule has 2 aromatic carbocycles. The lowest BCUT2D eigenvalue weighted by molar-refractivity contribution is 0.0944. The molecule has 7 nitrogen and oxygen atoms in total. The van der Waals surface area contributed by atoms with Gasteiger partial charge in [-0.2, -0.15) is 5.10 Å². The molecule has 0 aliphatic rings. The zero-order valence-corrected chi connectivity index (χ0v) is 16.3. The van der Waals surface area contributed by atoms with Crippen LogP contribution in [0.2, 0.25) is 0 Å². The number of nitrogens with one attached hydrogen (secondary N) is 3. The molecule has 0 aliphatic heterocycles. The minimum atomic E-state index is -0.426. The van der Waals surface area contributed by atoms with E-state index in [0.717, 1.165) is 10.8 Å². The smallest absolute Gasteiger partial charge is 0.323 e. The summed E-state index contributed by atoms with van der Waals surface area (Å²) in [5.74, 6) is 0.0182. The fraction of sp³-hybridized carbons (Fsp3) is 0.286. The first-order valence-electron chi connectivity index (χ1n) is 9.39. The van der Waals surface area contributed by atoms with E-state index in [1.807, 2.05) is 63.2 Å². The number of rotatable bonds is 6. The highest BCUT2D eigenvalue weighted by Gasteiger charge is 2.19. The number of carbonyl (C=O) groups is 2. The third-order valence-corrected chi connectivity index (χ3v) is 4.26. The predicted octanol–water partition coefficient (Wildman–Crippen LogP) is 4.09. The third kappa shape index (κ3) is 4.49. The first kappa shape index (κ1) is 19.4. The summed E-state index contributed by atoms with van der Waals surface area (Å²) in [6.07, 6.45) is 1.66. The van der Waals surface area contributed by atoms with Gasteiger partial charge in [-0.15, -0.1) is 0 Å². The number of benzene rings is 2. The Morgan fingerprint density at radius 1 is 1.04 bits per heavy atom. The molecule has 28 heavy (non-hydrogen) atoms. The molecule has 3 rings (SSSR count). The number of hydrogen-bond donors (Lipinski definition) is 3. The maximum Gasteiger partial charge on any atom is 0.323 e. The number of carbonyl (C=O) groups excluding carboxylic acids is 2. The van der Waals surface area contributed by atoms with Crippen molar-refractivity contribution in [2.45, 2.75) is 27.3 Å². The highest BCUT2D eigenvalue weighted by atomic mass is 16.2. The van der Waals surface area contributed by atoms with E-state index in [2.05, 4.69) is 21.0 Å². The van der Waals surface area contributed by atoms with Crippen LogP contribution >= 0.6 is 0 Å². The highest BCUT2D eigenvalue weighted by Crippen LogP contribution is 2.23. The summed E-state index contributed by atoms with van der Waals surface area (Å²) >= 11 is 0. The average Bonchev–Trinajstić information content (AvgIpc) is 3.09. The van der Waals surface area contributed by atoms with E-state index in [9.17, 15) is 9.59 Å². The summed E-state index contributed by atoms with van der Waals surface area (Å²) in [5.41, 5.74) is 1.28. The van der Waals surface area contributed by atoms with Crippen LogP contribution in [0.1, 0.15) is 31.3 Å². The molecule has 0 bridgehead atoms. The molecule has 3 N–H and O–H groups in total. The lowest BCUT2D eigenvalue weighted by Gasteiger charge is -2.10. The Kier molecular flexibility index (Phi) is 5.93. The Bertz CT molecular complexity index is 988. The van der Waals surface area contributed by atoms with Gasteiger partial charge >= 0.3 is 6.03 Å². The number of aromatic nitrogens is 2. The first-order valence-corrected chi connectivity index (χ1v) is 9.39. The van der Waals surface area contributed by atoms with E-state index in [4.69, 9.17) is 0 Å². The van der Waals surface area contributed by atoms with E-state index in [-0.39, 0.29) is 11.6 Å². The van der Waals surface area contributed by atoms with Crippen molar-refractivity contribution in [1.29, 1.82) is 0 Å². The standard InChI is InChI=1S/C21H25N5O2/c1-4-26-13-18(19(25-26)20(27)22-12-14(2)3)24-21(28)23-17-11-7-9-15-8-5-6-10-16(15)17/h5-11,13-14H,4,12H2,1-3H3,(H,22,27)(H2,23,24,28). The van der Waals surface area contributed by atoms with Crippen molar-refractivity contribution in [3.8, 4) is 0 Å². The molecule has 3 aromatic rings. The molecule has 0 unspecified atom stereocenters. The Balaban J connectivity index is 1.78. The number of hydrogen-bond acceptors (Lipinski definition) is 3. The van der Waals surface area contributed by atoms with Gasteiger partial charge in [0, 0.05) is 24.7 Å². The van der Waals surface area contributed by atoms with Gasteiger partial charge in [-0.05, 0) is 24.3 Å². The van der Waals surface area contributed by atoms with Gasteiger partial charge in [0.25, 0.3) is 5.91 Å². The van der Waals surface area contributed by atoms with Crippen LogP contribution in [0.3, 0.4) is 0 Å². The van der Waals surface area contributed by atoms with Crippen LogP contribution in [0.15, 0.2) is 48.7 Å². The SMILES string of the molecule is CCn1cc(NC(=O)Nc2cccc3ccccc23)c(C(=O)NCC(C)C)n1. The molecule has 0 radical (unpaired) electrons. The van der Waals surface area contributed by atoms with Crippen molar-refractivity contribution < 1.29 is 9.59 Å². The number of nitrogens with zero attached hydrogens (tertiary/aromatic N) is 2. The van der Waals surface area contributed by atoms with E-state index in [1.165, 1.54) is 0 Å². The molecular formula is C21H25N5O2. The second-order valence-electron chi connectivity index (χ2n) is 6.96. The molecule has 146 valence electrons. The van der Waals surface area contributed by atoms with Crippen LogP contribution in [0, 0.1) is 5.92 Å². The van der Waals surface area contributed by atoms with Gasteiger partial charge < -0.3 is 16.0 Å². The molecular weight excluding hydrogens is 354 g/mol. The topological polar surface area (TPSA) is 88.0 Å². The lowest BCUT2D eigenvalue weighted by atomic mass is 10.1. The minimum absolute atomic E-state index is 0.204. The van der Waals surface area contributed by atoms with Crippen LogP contribution in [-0.2, 0) is 6.54 Å². The predicted molar refractivity (Wildman–Crippen MR) is 112 cm³/mol. The minimum Gasteiger partial charge on any atom is -0.350 e. The molecule has 0 spiro atoms. The van der Waals surface area contributed by atoms with Crippen molar-refractivity contribution in [3.05, 3.63) is 54.4 Å². The molecule has 0 saturated carbocycles. The summed E-state index contributed by atoms with van der Waals surface area (Å²) in [5, 5.41) is 14.7. The summed E-state index contributed by atoms with van der Waals surface area (Å²) in [4.78, 5) is 25.0. The molecule has 0 aliphatic carbocycles. The van der Waals surface area contributed by atoms with Gasteiger partial charge in [0.15, 0.2) is 5.69 Å². The Morgan fingerprint density at radius 2 is 1.75 bits per heavy atom. The summed E-state index contributed by atoms with van der Waals surface area (Å²) in [6.45, 7) is 7.09. The summed E-state index contributed by atoms with van der Waals surface area (Å²) < 4.78 is 1.62. The van der Waals surface area contributed by atoms with Crippen molar-refractivity contribution in [2.24, 2.45) is 5.92 Å². The number of urea groups is 1. The van der Waals surface area contributed by atoms with Gasteiger partial charge in [-0.25, -0.2) is 4.79 Å². The van der Waals surface area contributed by atoms with Crippen LogP contribution in [0.25, 0.3) is 10.8 Å². The van der Waals surface area contributed by atoms with Crippen LogP contribution in [0.4, 0.5) is 16.2 Å². The quantitative estimate of drug-likeness (QED) is 0.603. The van der Waals surface area contributed by atoms with E-state index >= 15 is 0 Å². The largest absolute Gasteiger partial charge is 0.350 e. The molecule has 1 aromatic heterocycles. The Hall–Kier alpha value is -3.35. The molecule has 3 amide bonds. The Labute approximate surface area is 164 Å². The van der Waals surface area contributed by atoms with Crippen LogP contribution < -0.4 is 16.0 Å². The van der Waals surface area contributed by atoms with Crippen molar-refractivity contribution in [3.63, 3.8) is 0 Å².